The van der Waals surface area contributed by atoms with Crippen LogP contribution in [0.15, 0.2) is 53.0 Å². The largest absolute Gasteiger partial charge is 0.457 e. The Morgan fingerprint density at radius 1 is 1.14 bits per heavy atom. The maximum Gasteiger partial charge on any atom is 0.179 e. The molecule has 1 heterocycles. The van der Waals surface area contributed by atoms with Crippen LogP contribution in [-0.2, 0) is 11.3 Å². The third-order valence-corrected chi connectivity index (χ3v) is 4.21. The van der Waals surface area contributed by atoms with Crippen LogP contribution in [0.2, 0.25) is 0 Å². The number of hydrogen-bond donors (Lipinski definition) is 0. The van der Waals surface area contributed by atoms with Gasteiger partial charge in [-0.1, -0.05) is 40.2 Å². The molecule has 0 bridgehead atoms. The lowest BCUT2D eigenvalue weighted by molar-refractivity contribution is -0.0402. The first kappa shape index (κ1) is 14.9. The summed E-state index contributed by atoms with van der Waals surface area (Å²) < 4.78 is 12.5. The molecule has 0 radical (unpaired) electrons. The molecule has 0 amide bonds. The molecule has 1 fully saturated rings. The van der Waals surface area contributed by atoms with E-state index in [0.29, 0.717) is 19.7 Å². The highest BCUT2D eigenvalue weighted by atomic mass is 79.9. The molecule has 4 nitrogen and oxygen atoms in total. The van der Waals surface area contributed by atoms with Crippen molar-refractivity contribution in [1.29, 1.82) is 5.26 Å². The predicted octanol–water partition coefficient (Wildman–Crippen LogP) is 3.92. The maximum absolute atomic E-state index is 8.68. The molecule has 112 valence electrons. The number of ether oxygens (including phenoxy) is 2. The molecule has 0 aliphatic carbocycles. The Hall–Kier alpha value is -2.03. The lowest BCUT2D eigenvalue weighted by atomic mass is 10.2. The Labute approximate surface area is 138 Å². The Balaban J connectivity index is 1.57. The fraction of sp³-hybridized carbons (Fsp3) is 0.235. The number of nitriles is 1. The van der Waals surface area contributed by atoms with Gasteiger partial charge < -0.3 is 14.4 Å². The lowest BCUT2D eigenvalue weighted by Gasteiger charge is -2.34. The summed E-state index contributed by atoms with van der Waals surface area (Å²) in [5.41, 5.74) is 1.07. The molecular weight excluding hydrogens is 344 g/mol. The zero-order valence-electron chi connectivity index (χ0n) is 11.9. The van der Waals surface area contributed by atoms with Crippen LogP contribution in [0, 0.1) is 11.5 Å². The summed E-state index contributed by atoms with van der Waals surface area (Å²) in [7, 11) is 0. The summed E-state index contributed by atoms with van der Waals surface area (Å²) in [5.74, 6) is 1.59. The standard InChI is InChI=1S/C17H15BrN2O2/c18-17-8-15(22-14-4-2-1-3-5-14)7-6-13(17)11-21-16-9-20(10-16)12-19/h1-8,16H,9-11H2. The van der Waals surface area contributed by atoms with E-state index < -0.39 is 0 Å². The van der Waals surface area contributed by atoms with Crippen molar-refractivity contribution >= 4 is 15.9 Å². The van der Waals surface area contributed by atoms with Gasteiger partial charge in [0, 0.05) is 4.47 Å². The molecule has 2 aromatic rings. The molecule has 22 heavy (non-hydrogen) atoms. The van der Waals surface area contributed by atoms with Crippen molar-refractivity contribution in [2.24, 2.45) is 0 Å². The van der Waals surface area contributed by atoms with E-state index in [9.17, 15) is 0 Å². The normalized spacial score (nSPS) is 14.3. The van der Waals surface area contributed by atoms with Crippen molar-refractivity contribution in [3.05, 3.63) is 58.6 Å². The average Bonchev–Trinajstić information content (AvgIpc) is 2.49. The van der Waals surface area contributed by atoms with Gasteiger partial charge in [-0.25, -0.2) is 0 Å². The van der Waals surface area contributed by atoms with Gasteiger partial charge in [0.25, 0.3) is 0 Å². The number of para-hydroxylation sites is 1. The SMILES string of the molecule is N#CN1CC(OCc2ccc(Oc3ccccc3)cc2Br)C1. The van der Waals surface area contributed by atoms with E-state index in [1.807, 2.05) is 48.5 Å². The van der Waals surface area contributed by atoms with Crippen LogP contribution < -0.4 is 4.74 Å². The van der Waals surface area contributed by atoms with Gasteiger partial charge in [-0.3, -0.25) is 0 Å². The predicted molar refractivity (Wildman–Crippen MR) is 86.4 cm³/mol. The second kappa shape index (κ2) is 6.82. The van der Waals surface area contributed by atoms with Crippen LogP contribution in [0.4, 0.5) is 0 Å². The van der Waals surface area contributed by atoms with E-state index in [0.717, 1.165) is 21.5 Å². The van der Waals surface area contributed by atoms with Gasteiger partial charge >= 0.3 is 0 Å². The van der Waals surface area contributed by atoms with Crippen LogP contribution in [0.1, 0.15) is 5.56 Å². The first-order valence-electron chi connectivity index (χ1n) is 7.02. The molecule has 0 aromatic heterocycles. The van der Waals surface area contributed by atoms with Crippen LogP contribution in [0.5, 0.6) is 11.5 Å². The summed E-state index contributed by atoms with van der Waals surface area (Å²) in [5, 5.41) is 8.68. The summed E-state index contributed by atoms with van der Waals surface area (Å²) in [6.45, 7) is 1.89. The Kier molecular flexibility index (Phi) is 4.62. The van der Waals surface area contributed by atoms with E-state index in [1.165, 1.54) is 0 Å². The van der Waals surface area contributed by atoms with Crippen molar-refractivity contribution in [3.63, 3.8) is 0 Å². The summed E-state index contributed by atoms with van der Waals surface area (Å²) in [6.07, 6.45) is 2.24. The number of likely N-dealkylation sites (tertiary alicyclic amines) is 1. The highest BCUT2D eigenvalue weighted by Crippen LogP contribution is 2.28. The number of nitrogens with zero attached hydrogens (tertiary/aromatic N) is 2. The number of halogens is 1. The highest BCUT2D eigenvalue weighted by molar-refractivity contribution is 9.10. The molecule has 0 atom stereocenters. The monoisotopic (exact) mass is 358 g/mol. The van der Waals surface area contributed by atoms with Crippen molar-refractivity contribution < 1.29 is 9.47 Å². The van der Waals surface area contributed by atoms with E-state index >= 15 is 0 Å². The van der Waals surface area contributed by atoms with Crippen molar-refractivity contribution in [2.45, 2.75) is 12.7 Å². The van der Waals surface area contributed by atoms with Crippen LogP contribution in [-0.4, -0.2) is 24.1 Å². The number of rotatable bonds is 5. The van der Waals surface area contributed by atoms with Gasteiger partial charge in [0.1, 0.15) is 11.5 Å². The first-order valence-corrected chi connectivity index (χ1v) is 7.81. The number of hydrogen-bond acceptors (Lipinski definition) is 4. The van der Waals surface area contributed by atoms with Gasteiger partial charge in [0.15, 0.2) is 6.19 Å². The van der Waals surface area contributed by atoms with Crippen LogP contribution >= 0.6 is 15.9 Å². The molecule has 1 saturated heterocycles. The van der Waals surface area contributed by atoms with E-state index in [2.05, 4.69) is 22.1 Å². The second-order valence-electron chi connectivity index (χ2n) is 5.11. The van der Waals surface area contributed by atoms with Crippen molar-refractivity contribution in [3.8, 4) is 17.7 Å². The Morgan fingerprint density at radius 3 is 2.59 bits per heavy atom. The van der Waals surface area contributed by atoms with E-state index in [-0.39, 0.29) is 6.10 Å². The zero-order chi connectivity index (χ0) is 15.4. The fourth-order valence-electron chi connectivity index (χ4n) is 2.17. The quantitative estimate of drug-likeness (QED) is 0.759. The summed E-state index contributed by atoms with van der Waals surface area (Å²) >= 11 is 3.55. The van der Waals surface area contributed by atoms with Gasteiger partial charge in [0.2, 0.25) is 0 Å². The first-order chi connectivity index (χ1) is 10.7. The minimum absolute atomic E-state index is 0.145. The third-order valence-electron chi connectivity index (χ3n) is 3.47. The summed E-state index contributed by atoms with van der Waals surface area (Å²) in [4.78, 5) is 1.68. The molecule has 0 unspecified atom stereocenters. The molecule has 0 spiro atoms. The topological polar surface area (TPSA) is 45.5 Å². The van der Waals surface area contributed by atoms with Crippen LogP contribution in [0.25, 0.3) is 0 Å². The maximum atomic E-state index is 8.68. The Morgan fingerprint density at radius 2 is 1.91 bits per heavy atom. The van der Waals surface area contributed by atoms with Gasteiger partial charge in [0.05, 0.1) is 25.8 Å². The van der Waals surface area contributed by atoms with Gasteiger partial charge in [-0.2, -0.15) is 5.26 Å². The van der Waals surface area contributed by atoms with Gasteiger partial charge in [-0.15, -0.1) is 0 Å². The minimum Gasteiger partial charge on any atom is -0.457 e. The molecule has 0 saturated carbocycles. The molecule has 1 aliphatic heterocycles. The van der Waals surface area contributed by atoms with Crippen molar-refractivity contribution in [2.75, 3.05) is 13.1 Å². The average molecular weight is 359 g/mol. The van der Waals surface area contributed by atoms with Gasteiger partial charge in [-0.05, 0) is 29.8 Å². The highest BCUT2D eigenvalue weighted by Gasteiger charge is 2.26. The van der Waals surface area contributed by atoms with Crippen molar-refractivity contribution in [1.82, 2.24) is 4.90 Å². The lowest BCUT2D eigenvalue weighted by Crippen LogP contribution is -2.49. The molecule has 0 N–H and O–H groups in total. The molecule has 2 aromatic carbocycles. The summed E-state index contributed by atoms with van der Waals surface area (Å²) in [6, 6.07) is 15.5. The molecular formula is C17H15BrN2O2. The molecule has 3 rings (SSSR count). The second-order valence-corrected chi connectivity index (χ2v) is 5.96. The van der Waals surface area contributed by atoms with E-state index in [1.54, 1.807) is 4.90 Å². The molecule has 5 heteroatoms. The smallest absolute Gasteiger partial charge is 0.179 e. The number of benzene rings is 2. The fourth-order valence-corrected chi connectivity index (χ4v) is 2.64. The third kappa shape index (κ3) is 3.59. The molecule has 1 aliphatic rings. The van der Waals surface area contributed by atoms with E-state index in [4.69, 9.17) is 14.7 Å². The Bertz CT molecular complexity index is 679. The minimum atomic E-state index is 0.145. The van der Waals surface area contributed by atoms with Crippen LogP contribution in [0.3, 0.4) is 0 Å². The zero-order valence-corrected chi connectivity index (χ0v) is 13.5.